The quantitative estimate of drug-likeness (QED) is 0.653. The number of hydrogen-bond donors (Lipinski definition) is 1. The van der Waals surface area contributed by atoms with Gasteiger partial charge < -0.3 is 5.11 Å². The molecule has 0 unspecified atom stereocenters. The van der Waals surface area contributed by atoms with Crippen molar-refractivity contribution in [3.63, 3.8) is 0 Å². The zero-order valence-electron chi connectivity index (χ0n) is 13.8. The molecule has 1 aromatic carbocycles. The lowest BCUT2D eigenvalue weighted by atomic mass is 10.1. The van der Waals surface area contributed by atoms with E-state index in [9.17, 15) is 13.2 Å². The molecule has 1 fully saturated rings. The zero-order valence-corrected chi connectivity index (χ0v) is 15.4. The van der Waals surface area contributed by atoms with E-state index in [4.69, 9.17) is 9.90 Å². The minimum atomic E-state index is -5.08. The molecule has 6 nitrogen and oxygen atoms in total. The Hall–Kier alpha value is -2.49. The van der Waals surface area contributed by atoms with Crippen molar-refractivity contribution in [2.24, 2.45) is 5.92 Å². The Kier molecular flexibility index (Phi) is 5.45. The predicted molar refractivity (Wildman–Crippen MR) is 94.9 cm³/mol. The van der Waals surface area contributed by atoms with Crippen LogP contribution < -0.4 is 0 Å². The van der Waals surface area contributed by atoms with E-state index < -0.39 is 12.1 Å². The summed E-state index contributed by atoms with van der Waals surface area (Å²) in [6.45, 7) is 0.981. The average Bonchev–Trinajstić information content (AvgIpc) is 3.35. The van der Waals surface area contributed by atoms with Gasteiger partial charge in [-0.3, -0.25) is 4.98 Å². The number of carboxylic acids is 1. The smallest absolute Gasteiger partial charge is 0.475 e. The summed E-state index contributed by atoms with van der Waals surface area (Å²) >= 11 is 3.67. The van der Waals surface area contributed by atoms with Gasteiger partial charge in [0, 0.05) is 24.5 Å². The minimum absolute atomic E-state index is 0.789. The van der Waals surface area contributed by atoms with Crippen LogP contribution in [0.15, 0.2) is 41.1 Å². The molecule has 10 heteroatoms. The van der Waals surface area contributed by atoms with E-state index in [1.807, 2.05) is 23.0 Å². The SMILES string of the molecule is Brc1c(-c2cccnc2)ccc2c1nnn2CC1CC1.O=C(O)C(F)(F)F. The van der Waals surface area contributed by atoms with Crippen molar-refractivity contribution >= 4 is 32.9 Å². The van der Waals surface area contributed by atoms with Gasteiger partial charge in [0.05, 0.1) is 9.99 Å². The van der Waals surface area contributed by atoms with Crippen molar-refractivity contribution in [1.82, 2.24) is 20.0 Å². The maximum absolute atomic E-state index is 10.6. The molecule has 2 aromatic heterocycles. The maximum Gasteiger partial charge on any atom is 0.490 e. The second kappa shape index (κ2) is 7.63. The normalized spacial score (nSPS) is 13.9. The molecule has 1 N–H and O–H groups in total. The number of carbonyl (C=O) groups is 1. The number of aromatic nitrogens is 4. The van der Waals surface area contributed by atoms with Crippen LogP contribution in [0.5, 0.6) is 0 Å². The maximum atomic E-state index is 10.6. The number of aliphatic carboxylic acids is 1. The molecule has 0 atom stereocenters. The van der Waals surface area contributed by atoms with Crippen LogP contribution in [0.3, 0.4) is 0 Å². The van der Waals surface area contributed by atoms with Crippen LogP contribution in [0.25, 0.3) is 22.2 Å². The third-order valence-electron chi connectivity index (χ3n) is 3.97. The fourth-order valence-electron chi connectivity index (χ4n) is 2.43. The first-order valence-corrected chi connectivity index (χ1v) is 8.79. The molecule has 1 saturated carbocycles. The topological polar surface area (TPSA) is 80.9 Å². The van der Waals surface area contributed by atoms with E-state index in [1.165, 1.54) is 12.8 Å². The van der Waals surface area contributed by atoms with Crippen molar-refractivity contribution in [2.75, 3.05) is 0 Å². The fraction of sp³-hybridized carbons (Fsp3) is 0.294. The van der Waals surface area contributed by atoms with Gasteiger partial charge in [0.1, 0.15) is 5.52 Å². The van der Waals surface area contributed by atoms with Crippen LogP contribution in [0.2, 0.25) is 0 Å². The molecule has 0 amide bonds. The van der Waals surface area contributed by atoms with Crippen LogP contribution in [0.1, 0.15) is 12.8 Å². The highest BCUT2D eigenvalue weighted by Crippen LogP contribution is 2.35. The summed E-state index contributed by atoms with van der Waals surface area (Å²) in [7, 11) is 0. The number of carboxylic acid groups (broad SMARTS) is 1. The lowest BCUT2D eigenvalue weighted by molar-refractivity contribution is -0.192. The van der Waals surface area contributed by atoms with Gasteiger partial charge >= 0.3 is 12.1 Å². The van der Waals surface area contributed by atoms with Crippen LogP contribution in [0, 0.1) is 5.92 Å². The zero-order chi connectivity index (χ0) is 19.6. The molecule has 0 saturated heterocycles. The first-order valence-electron chi connectivity index (χ1n) is 7.99. The van der Waals surface area contributed by atoms with Gasteiger partial charge in [-0.2, -0.15) is 13.2 Å². The number of alkyl halides is 3. The number of pyridine rings is 1. The largest absolute Gasteiger partial charge is 0.490 e. The van der Waals surface area contributed by atoms with E-state index in [0.717, 1.165) is 39.1 Å². The first-order chi connectivity index (χ1) is 12.8. The lowest BCUT2D eigenvalue weighted by Crippen LogP contribution is -2.21. The van der Waals surface area contributed by atoms with Gasteiger partial charge in [-0.25, -0.2) is 9.48 Å². The highest BCUT2D eigenvalue weighted by molar-refractivity contribution is 9.10. The summed E-state index contributed by atoms with van der Waals surface area (Å²) in [6.07, 6.45) is 1.19. The molecule has 27 heavy (non-hydrogen) atoms. The van der Waals surface area contributed by atoms with Gasteiger partial charge in [0.2, 0.25) is 0 Å². The Bertz CT molecular complexity index is 956. The third-order valence-corrected chi connectivity index (χ3v) is 4.77. The number of benzene rings is 1. The molecule has 1 aliphatic carbocycles. The molecule has 142 valence electrons. The average molecular weight is 443 g/mol. The molecule has 2 heterocycles. The minimum Gasteiger partial charge on any atom is -0.475 e. The second-order valence-electron chi connectivity index (χ2n) is 6.05. The van der Waals surface area contributed by atoms with E-state index in [1.54, 1.807) is 6.20 Å². The molecular formula is C17H14BrF3N4O2. The molecule has 4 rings (SSSR count). The van der Waals surface area contributed by atoms with E-state index in [-0.39, 0.29) is 0 Å². The molecule has 1 aliphatic rings. The number of halogens is 4. The highest BCUT2D eigenvalue weighted by Gasteiger charge is 2.38. The first kappa shape index (κ1) is 19.3. The van der Waals surface area contributed by atoms with E-state index in [2.05, 4.69) is 43.4 Å². The van der Waals surface area contributed by atoms with Crippen molar-refractivity contribution in [3.05, 3.63) is 41.1 Å². The van der Waals surface area contributed by atoms with Gasteiger partial charge in [0.25, 0.3) is 0 Å². The summed E-state index contributed by atoms with van der Waals surface area (Å²) in [5, 5.41) is 15.7. The Morgan fingerprint density at radius 3 is 2.56 bits per heavy atom. The summed E-state index contributed by atoms with van der Waals surface area (Å²) in [5.74, 6) is -1.97. The Morgan fingerprint density at radius 1 is 1.30 bits per heavy atom. The molecule has 0 bridgehead atoms. The highest BCUT2D eigenvalue weighted by atomic mass is 79.9. The van der Waals surface area contributed by atoms with Crippen molar-refractivity contribution < 1.29 is 23.1 Å². The van der Waals surface area contributed by atoms with E-state index in [0.29, 0.717) is 0 Å². The molecule has 0 radical (unpaired) electrons. The van der Waals surface area contributed by atoms with Crippen molar-refractivity contribution in [3.8, 4) is 11.1 Å². The van der Waals surface area contributed by atoms with Crippen LogP contribution in [-0.4, -0.2) is 37.2 Å². The Labute approximate surface area is 160 Å². The molecular weight excluding hydrogens is 429 g/mol. The third kappa shape index (κ3) is 4.62. The van der Waals surface area contributed by atoms with Crippen molar-refractivity contribution in [2.45, 2.75) is 25.6 Å². The van der Waals surface area contributed by atoms with Crippen LogP contribution in [-0.2, 0) is 11.3 Å². The fourth-order valence-corrected chi connectivity index (χ4v) is 3.07. The van der Waals surface area contributed by atoms with Gasteiger partial charge in [-0.15, -0.1) is 5.10 Å². The summed E-state index contributed by atoms with van der Waals surface area (Å²) in [4.78, 5) is 13.1. The Morgan fingerprint density at radius 2 is 2.00 bits per heavy atom. The monoisotopic (exact) mass is 442 g/mol. The number of nitrogens with zero attached hydrogens (tertiary/aromatic N) is 4. The van der Waals surface area contributed by atoms with Crippen molar-refractivity contribution in [1.29, 1.82) is 0 Å². The van der Waals surface area contributed by atoms with E-state index >= 15 is 0 Å². The Balaban J connectivity index is 0.000000260. The summed E-state index contributed by atoms with van der Waals surface area (Å²) in [6, 6.07) is 8.20. The number of rotatable bonds is 3. The van der Waals surface area contributed by atoms with Gasteiger partial charge in [0.15, 0.2) is 0 Å². The summed E-state index contributed by atoms with van der Waals surface area (Å²) < 4.78 is 34.7. The molecule has 0 spiro atoms. The van der Waals surface area contributed by atoms with Gasteiger partial charge in [-0.05, 0) is 52.4 Å². The number of hydrogen-bond acceptors (Lipinski definition) is 4. The summed E-state index contributed by atoms with van der Waals surface area (Å²) in [5.41, 5.74) is 4.20. The predicted octanol–water partition coefficient (Wildman–Crippen LogP) is 4.30. The van der Waals surface area contributed by atoms with Gasteiger partial charge in [-0.1, -0.05) is 17.3 Å². The second-order valence-corrected chi connectivity index (χ2v) is 6.85. The van der Waals surface area contributed by atoms with Crippen LogP contribution >= 0.6 is 15.9 Å². The van der Waals surface area contributed by atoms with Crippen LogP contribution in [0.4, 0.5) is 13.2 Å². The molecule has 3 aromatic rings. The lowest BCUT2D eigenvalue weighted by Gasteiger charge is -2.05. The number of fused-ring (bicyclic) bond motifs is 1. The standard InChI is InChI=1S/C15H13BrN4.C2HF3O2/c16-14-12(11-2-1-7-17-8-11)5-6-13-15(14)18-19-20(13)9-10-3-4-10;3-2(4,5)1(6)7/h1-2,5-8,10H,3-4,9H2;(H,6,7). The molecule has 0 aliphatic heterocycles.